The van der Waals surface area contributed by atoms with Crippen LogP contribution in [0.15, 0.2) is 0 Å². The minimum absolute atomic E-state index is 0.582. The third kappa shape index (κ3) is 2.31. The number of aliphatic hydroxyl groups is 1. The van der Waals surface area contributed by atoms with Gasteiger partial charge in [-0.25, -0.2) is 4.79 Å². The fourth-order valence-electron chi connectivity index (χ4n) is 0.626. The molecule has 0 radical (unpaired) electrons. The molecule has 0 saturated carbocycles. The van der Waals surface area contributed by atoms with Crippen LogP contribution in [0.1, 0.15) is 0 Å². The van der Waals surface area contributed by atoms with Crippen LogP contribution in [0.25, 0.3) is 0 Å². The van der Waals surface area contributed by atoms with Crippen LogP contribution in [0.4, 0.5) is 13.2 Å². The lowest BCUT2D eigenvalue weighted by molar-refractivity contribution is -0.510. The largest absolute Gasteiger partial charge is 0.466 e. The summed E-state index contributed by atoms with van der Waals surface area (Å²) in [5.41, 5.74) is -4.09. The molecule has 0 rings (SSSR count). The van der Waals surface area contributed by atoms with Gasteiger partial charge in [0.05, 0.1) is 7.11 Å². The van der Waals surface area contributed by atoms with Crippen LogP contribution in [-0.4, -0.2) is 41.4 Å². The lowest BCUT2D eigenvalue weighted by atomic mass is 10.0. The van der Waals surface area contributed by atoms with Crippen LogP contribution in [-0.2, 0) is 9.53 Å². The van der Waals surface area contributed by atoms with Crippen molar-refractivity contribution in [2.75, 3.05) is 13.7 Å². The summed E-state index contributed by atoms with van der Waals surface area (Å²) < 4.78 is 39.8. The van der Waals surface area contributed by atoms with E-state index in [-0.39, 0.29) is 0 Å². The molecule has 0 aromatic rings. The molecule has 0 heterocycles. The number of ether oxygens (including phenoxy) is 1. The Kier molecular flexibility index (Phi) is 3.41. The summed E-state index contributed by atoms with van der Waals surface area (Å²) in [5.74, 6) is -2.11. The van der Waals surface area contributed by atoms with Crippen LogP contribution in [0.5, 0.6) is 0 Å². The Hall–Kier alpha value is -1.38. The molecule has 1 atom stereocenters. The maximum absolute atomic E-state index is 12.0. The minimum Gasteiger partial charge on any atom is -0.466 e. The molecule has 1 N–H and O–H groups in total. The van der Waals surface area contributed by atoms with Crippen molar-refractivity contribution in [3.8, 4) is 0 Å². The molecule has 82 valence electrons. The first-order valence-electron chi connectivity index (χ1n) is 3.14. The molecule has 9 heteroatoms. The highest BCUT2D eigenvalue weighted by Crippen LogP contribution is 2.31. The molecule has 0 aliphatic rings. The average molecular weight is 217 g/mol. The highest BCUT2D eigenvalue weighted by Gasteiger charge is 2.64. The van der Waals surface area contributed by atoms with E-state index in [0.29, 0.717) is 7.11 Å². The Labute approximate surface area is 75.4 Å². The number of carbonyl (C=O) groups is 1. The number of hydrogen-bond donors (Lipinski definition) is 1. The van der Waals surface area contributed by atoms with Crippen molar-refractivity contribution in [2.24, 2.45) is 0 Å². The van der Waals surface area contributed by atoms with Crippen molar-refractivity contribution < 1.29 is 32.7 Å². The van der Waals surface area contributed by atoms with Crippen LogP contribution in [0, 0.1) is 10.1 Å². The third-order valence-corrected chi connectivity index (χ3v) is 1.35. The molecule has 6 nitrogen and oxygen atoms in total. The molecule has 0 aliphatic carbocycles. The normalized spacial score (nSPS) is 15.8. The van der Waals surface area contributed by atoms with E-state index in [1.54, 1.807) is 0 Å². The number of esters is 1. The molecule has 0 aliphatic heterocycles. The number of rotatable bonds is 3. The van der Waals surface area contributed by atoms with Crippen molar-refractivity contribution in [2.45, 2.75) is 11.8 Å². The first-order valence-corrected chi connectivity index (χ1v) is 3.14. The average Bonchev–Trinajstić information content (AvgIpc) is 1.99. The monoisotopic (exact) mass is 217 g/mol. The number of alkyl halides is 3. The number of hydrogen-bond acceptors (Lipinski definition) is 5. The van der Waals surface area contributed by atoms with E-state index in [0.717, 1.165) is 0 Å². The summed E-state index contributed by atoms with van der Waals surface area (Å²) in [6, 6.07) is 0. The van der Waals surface area contributed by atoms with Gasteiger partial charge in [-0.15, -0.1) is 0 Å². The smallest absolute Gasteiger partial charge is 0.434 e. The zero-order chi connectivity index (χ0) is 11.6. The number of halogens is 3. The molecule has 0 aromatic heterocycles. The maximum Gasteiger partial charge on any atom is 0.434 e. The highest BCUT2D eigenvalue weighted by molar-refractivity contribution is 5.80. The third-order valence-electron chi connectivity index (χ3n) is 1.35. The second-order valence-electron chi connectivity index (χ2n) is 2.34. The molecule has 0 fully saturated rings. The Bertz CT molecular complexity index is 252. The second kappa shape index (κ2) is 3.78. The van der Waals surface area contributed by atoms with Gasteiger partial charge in [-0.1, -0.05) is 0 Å². The molecule has 14 heavy (non-hydrogen) atoms. The van der Waals surface area contributed by atoms with E-state index >= 15 is 0 Å². The number of nitro groups is 1. The zero-order valence-corrected chi connectivity index (χ0v) is 6.87. The van der Waals surface area contributed by atoms with Crippen molar-refractivity contribution in [3.63, 3.8) is 0 Å². The van der Waals surface area contributed by atoms with E-state index in [1.807, 2.05) is 0 Å². The second-order valence-corrected chi connectivity index (χ2v) is 2.34. The van der Waals surface area contributed by atoms with Gasteiger partial charge in [0.1, 0.15) is 0 Å². The first kappa shape index (κ1) is 12.6. The Balaban J connectivity index is 5.05. The van der Waals surface area contributed by atoms with Gasteiger partial charge in [-0.3, -0.25) is 10.1 Å². The molecule has 0 aromatic carbocycles. The fraction of sp³-hybridized carbons (Fsp3) is 0.800. The molecule has 0 spiro atoms. The Morgan fingerprint density at radius 2 is 2.00 bits per heavy atom. The SMILES string of the molecule is COC(=O)[C@@](O)(C[N+](=O)[O-])C(F)(F)F. The highest BCUT2D eigenvalue weighted by atomic mass is 19.4. The Morgan fingerprint density at radius 3 is 2.21 bits per heavy atom. The Morgan fingerprint density at radius 1 is 1.57 bits per heavy atom. The fourth-order valence-corrected chi connectivity index (χ4v) is 0.626. The van der Waals surface area contributed by atoms with E-state index in [1.165, 1.54) is 0 Å². The number of nitrogens with zero attached hydrogens (tertiary/aromatic N) is 1. The molecule has 0 saturated heterocycles. The van der Waals surface area contributed by atoms with Crippen molar-refractivity contribution in [1.29, 1.82) is 0 Å². The van der Waals surface area contributed by atoms with E-state index < -0.39 is 29.2 Å². The minimum atomic E-state index is -5.45. The van der Waals surface area contributed by atoms with Crippen molar-refractivity contribution >= 4 is 5.97 Å². The first-order chi connectivity index (χ1) is 6.15. The molecule has 0 bridgehead atoms. The van der Waals surface area contributed by atoms with Gasteiger partial charge in [0.25, 0.3) is 6.54 Å². The predicted octanol–water partition coefficient (Wildman–Crippen LogP) is -0.270. The van der Waals surface area contributed by atoms with Gasteiger partial charge < -0.3 is 9.84 Å². The zero-order valence-electron chi connectivity index (χ0n) is 6.87. The number of methoxy groups -OCH3 is 1. The van der Waals surface area contributed by atoms with Gasteiger partial charge in [0.15, 0.2) is 0 Å². The van der Waals surface area contributed by atoms with Crippen molar-refractivity contribution in [1.82, 2.24) is 0 Å². The molecular weight excluding hydrogens is 211 g/mol. The molecule has 0 amide bonds. The lowest BCUT2D eigenvalue weighted by Gasteiger charge is -2.23. The standard InChI is InChI=1S/C5H6F3NO5/c1-14-3(10)4(11,2-9(12)13)5(6,7)8/h11H,2H2,1H3/t4-/m0/s1. The van der Waals surface area contributed by atoms with Gasteiger partial charge in [-0.2, -0.15) is 13.2 Å². The lowest BCUT2D eigenvalue weighted by Crippen LogP contribution is -2.57. The molecule has 0 unspecified atom stereocenters. The topological polar surface area (TPSA) is 89.7 Å². The van der Waals surface area contributed by atoms with Crippen LogP contribution in [0.2, 0.25) is 0 Å². The summed E-state index contributed by atoms with van der Waals surface area (Å²) in [6.07, 6.45) is -5.45. The quantitative estimate of drug-likeness (QED) is 0.399. The maximum atomic E-state index is 12.0. The molecular formula is C5H6F3NO5. The van der Waals surface area contributed by atoms with Gasteiger partial charge in [0, 0.05) is 4.92 Å². The van der Waals surface area contributed by atoms with Crippen LogP contribution >= 0.6 is 0 Å². The summed E-state index contributed by atoms with van der Waals surface area (Å²) in [5, 5.41) is 18.6. The van der Waals surface area contributed by atoms with Gasteiger partial charge in [-0.05, 0) is 0 Å². The van der Waals surface area contributed by atoms with Crippen LogP contribution in [0.3, 0.4) is 0 Å². The summed E-state index contributed by atoms with van der Waals surface area (Å²) in [6.45, 7) is -1.98. The van der Waals surface area contributed by atoms with Crippen LogP contribution < -0.4 is 0 Å². The summed E-state index contributed by atoms with van der Waals surface area (Å²) in [4.78, 5) is 18.9. The van der Waals surface area contributed by atoms with E-state index in [9.17, 15) is 28.1 Å². The van der Waals surface area contributed by atoms with E-state index in [4.69, 9.17) is 5.11 Å². The van der Waals surface area contributed by atoms with E-state index in [2.05, 4.69) is 4.74 Å². The summed E-state index contributed by atoms with van der Waals surface area (Å²) >= 11 is 0. The summed E-state index contributed by atoms with van der Waals surface area (Å²) in [7, 11) is 0.582. The predicted molar refractivity (Wildman–Crippen MR) is 34.9 cm³/mol. The number of carbonyl (C=O) groups excluding carboxylic acids is 1. The van der Waals surface area contributed by atoms with Gasteiger partial charge in [0.2, 0.25) is 0 Å². The van der Waals surface area contributed by atoms with Gasteiger partial charge >= 0.3 is 17.7 Å². The van der Waals surface area contributed by atoms with Crippen molar-refractivity contribution in [3.05, 3.63) is 10.1 Å².